The largest absolute Gasteiger partial charge is 0.391 e. The van der Waals surface area contributed by atoms with Crippen LogP contribution in [0.3, 0.4) is 0 Å². The second kappa shape index (κ2) is 6.81. The van der Waals surface area contributed by atoms with Crippen LogP contribution in [0.2, 0.25) is 0 Å². The first-order valence-corrected chi connectivity index (χ1v) is 6.59. The van der Waals surface area contributed by atoms with Crippen molar-refractivity contribution in [1.82, 2.24) is 0 Å². The van der Waals surface area contributed by atoms with Gasteiger partial charge in [-0.3, -0.25) is 10.1 Å². The zero-order valence-electron chi connectivity index (χ0n) is 10.4. The molecule has 0 spiro atoms. The molecule has 102 valence electrons. The second-order valence-corrected chi connectivity index (χ2v) is 4.90. The van der Waals surface area contributed by atoms with E-state index in [0.717, 1.165) is 15.6 Å². The average molecular weight is 335 g/mol. The van der Waals surface area contributed by atoms with Gasteiger partial charge in [-0.2, -0.15) is 0 Å². The van der Waals surface area contributed by atoms with Crippen molar-refractivity contribution >= 4 is 27.8 Å². The Morgan fingerprint density at radius 1 is 1.25 bits per heavy atom. The number of non-ortho nitro benzene ring substituents is 1. The fraction of sp³-hybridized carbons (Fsp3) is 0.0714. The van der Waals surface area contributed by atoms with Gasteiger partial charge in [0.1, 0.15) is 6.61 Å². The van der Waals surface area contributed by atoms with E-state index in [1.165, 1.54) is 18.3 Å². The lowest BCUT2D eigenvalue weighted by Crippen LogP contribution is -1.90. The maximum atomic E-state index is 10.5. The van der Waals surface area contributed by atoms with Crippen LogP contribution in [0.15, 0.2) is 58.2 Å². The molecule has 0 saturated heterocycles. The fourth-order valence-electron chi connectivity index (χ4n) is 1.52. The number of nitro benzene ring substituents is 1. The van der Waals surface area contributed by atoms with E-state index in [-0.39, 0.29) is 5.69 Å². The maximum absolute atomic E-state index is 10.5. The number of hydrogen-bond acceptors (Lipinski definition) is 4. The predicted molar refractivity (Wildman–Crippen MR) is 79.6 cm³/mol. The molecule has 0 fully saturated rings. The zero-order valence-corrected chi connectivity index (χ0v) is 12.0. The van der Waals surface area contributed by atoms with Crippen LogP contribution in [0.4, 0.5) is 5.69 Å². The first-order chi connectivity index (χ1) is 9.65. The highest BCUT2D eigenvalue weighted by Crippen LogP contribution is 2.13. The Bertz CT molecular complexity index is 627. The van der Waals surface area contributed by atoms with E-state index >= 15 is 0 Å². The number of hydrogen-bond donors (Lipinski definition) is 0. The molecule has 0 N–H and O–H groups in total. The number of rotatable bonds is 5. The molecule has 20 heavy (non-hydrogen) atoms. The second-order valence-electron chi connectivity index (χ2n) is 3.99. The Hall–Kier alpha value is -2.21. The van der Waals surface area contributed by atoms with Crippen molar-refractivity contribution in [1.29, 1.82) is 0 Å². The van der Waals surface area contributed by atoms with Crippen molar-refractivity contribution in [2.45, 2.75) is 6.61 Å². The van der Waals surface area contributed by atoms with Crippen molar-refractivity contribution in [3.8, 4) is 0 Å². The van der Waals surface area contributed by atoms with Crippen molar-refractivity contribution in [2.75, 3.05) is 0 Å². The van der Waals surface area contributed by atoms with E-state index in [9.17, 15) is 10.1 Å². The van der Waals surface area contributed by atoms with Crippen LogP contribution in [0.5, 0.6) is 0 Å². The van der Waals surface area contributed by atoms with Crippen LogP contribution in [0.25, 0.3) is 0 Å². The third-order valence-corrected chi connectivity index (χ3v) is 2.99. The van der Waals surface area contributed by atoms with Gasteiger partial charge in [-0.25, -0.2) is 0 Å². The summed E-state index contributed by atoms with van der Waals surface area (Å²) in [6.45, 7) is 0.364. The minimum Gasteiger partial charge on any atom is -0.391 e. The fourth-order valence-corrected chi connectivity index (χ4v) is 1.97. The summed E-state index contributed by atoms with van der Waals surface area (Å²) in [4.78, 5) is 15.2. The van der Waals surface area contributed by atoms with Crippen molar-refractivity contribution in [3.63, 3.8) is 0 Å². The van der Waals surface area contributed by atoms with Gasteiger partial charge < -0.3 is 4.84 Å². The van der Waals surface area contributed by atoms with E-state index < -0.39 is 4.92 Å². The Morgan fingerprint density at radius 3 is 2.65 bits per heavy atom. The molecule has 0 aromatic heterocycles. The summed E-state index contributed by atoms with van der Waals surface area (Å²) < 4.78 is 0.984. The highest BCUT2D eigenvalue weighted by molar-refractivity contribution is 9.10. The lowest BCUT2D eigenvalue weighted by Gasteiger charge is -2.00. The van der Waals surface area contributed by atoms with Crippen LogP contribution >= 0.6 is 15.9 Å². The van der Waals surface area contributed by atoms with Gasteiger partial charge in [0.05, 0.1) is 11.1 Å². The molecule has 5 nitrogen and oxygen atoms in total. The van der Waals surface area contributed by atoms with E-state index in [1.807, 2.05) is 24.3 Å². The Balaban J connectivity index is 1.88. The molecular weight excluding hydrogens is 324 g/mol. The summed E-state index contributed by atoms with van der Waals surface area (Å²) in [5, 5.41) is 14.3. The minimum atomic E-state index is -0.440. The first-order valence-electron chi connectivity index (χ1n) is 5.79. The minimum absolute atomic E-state index is 0.0530. The Labute approximate surface area is 124 Å². The molecule has 2 aromatic carbocycles. The van der Waals surface area contributed by atoms with Gasteiger partial charge in [-0.15, -0.1) is 0 Å². The Morgan fingerprint density at radius 2 is 2.00 bits per heavy atom. The predicted octanol–water partition coefficient (Wildman–Crippen LogP) is 3.91. The zero-order chi connectivity index (χ0) is 14.4. The van der Waals surface area contributed by atoms with Crippen LogP contribution in [0, 0.1) is 10.1 Å². The molecule has 0 unspecified atom stereocenters. The monoisotopic (exact) mass is 334 g/mol. The third-order valence-electron chi connectivity index (χ3n) is 2.50. The smallest absolute Gasteiger partial charge is 0.269 e. The summed E-state index contributed by atoms with van der Waals surface area (Å²) in [7, 11) is 0. The lowest BCUT2D eigenvalue weighted by atomic mass is 10.2. The van der Waals surface area contributed by atoms with Gasteiger partial charge in [0.25, 0.3) is 5.69 Å². The van der Waals surface area contributed by atoms with Gasteiger partial charge in [0, 0.05) is 16.6 Å². The van der Waals surface area contributed by atoms with Crippen molar-refractivity contribution < 1.29 is 9.76 Å². The lowest BCUT2D eigenvalue weighted by molar-refractivity contribution is -0.384. The van der Waals surface area contributed by atoms with Crippen LogP contribution < -0.4 is 0 Å². The van der Waals surface area contributed by atoms with Crippen LogP contribution in [-0.2, 0) is 11.4 Å². The van der Waals surface area contributed by atoms with Crippen LogP contribution in [0.1, 0.15) is 11.1 Å². The summed E-state index contributed by atoms with van der Waals surface area (Å²) in [6, 6.07) is 13.8. The molecule has 0 amide bonds. The molecule has 2 aromatic rings. The van der Waals surface area contributed by atoms with E-state index in [1.54, 1.807) is 12.1 Å². The molecule has 0 heterocycles. The van der Waals surface area contributed by atoms with Gasteiger partial charge >= 0.3 is 0 Å². The third kappa shape index (κ3) is 4.17. The standard InChI is InChI=1S/C14H11BrN2O3/c15-13-3-1-2-12(8-13)10-20-16-9-11-4-6-14(7-5-11)17(18)19/h1-9H,10H2. The number of nitrogens with zero attached hydrogens (tertiary/aromatic N) is 2. The van der Waals surface area contributed by atoms with E-state index in [2.05, 4.69) is 21.1 Å². The number of halogens is 1. The molecule has 0 aliphatic heterocycles. The molecule has 0 radical (unpaired) electrons. The topological polar surface area (TPSA) is 64.7 Å². The van der Waals surface area contributed by atoms with Gasteiger partial charge in [-0.1, -0.05) is 33.2 Å². The van der Waals surface area contributed by atoms with E-state index in [0.29, 0.717) is 6.61 Å². The number of benzene rings is 2. The molecule has 2 rings (SSSR count). The summed E-state index contributed by atoms with van der Waals surface area (Å²) in [5.74, 6) is 0. The van der Waals surface area contributed by atoms with Crippen molar-refractivity contribution in [3.05, 3.63) is 74.2 Å². The molecule has 6 heteroatoms. The van der Waals surface area contributed by atoms with E-state index in [4.69, 9.17) is 4.84 Å². The Kier molecular flexibility index (Phi) is 4.84. The average Bonchev–Trinajstić information content (AvgIpc) is 2.44. The highest BCUT2D eigenvalue weighted by Gasteiger charge is 2.02. The quantitative estimate of drug-likeness (QED) is 0.473. The molecule has 0 saturated carbocycles. The van der Waals surface area contributed by atoms with Gasteiger partial charge in [0.15, 0.2) is 0 Å². The van der Waals surface area contributed by atoms with Crippen LogP contribution in [-0.4, -0.2) is 11.1 Å². The molecule has 0 atom stereocenters. The first kappa shape index (κ1) is 14.2. The molecule has 0 aliphatic carbocycles. The normalized spacial score (nSPS) is 10.7. The summed E-state index contributed by atoms with van der Waals surface area (Å²) in [5.41, 5.74) is 1.79. The highest BCUT2D eigenvalue weighted by atomic mass is 79.9. The summed E-state index contributed by atoms with van der Waals surface area (Å²) in [6.07, 6.45) is 1.52. The molecule has 0 bridgehead atoms. The number of oxime groups is 1. The summed E-state index contributed by atoms with van der Waals surface area (Å²) >= 11 is 3.38. The molecular formula is C14H11BrN2O3. The SMILES string of the molecule is O=[N+]([O-])c1ccc(C=NOCc2cccc(Br)c2)cc1. The van der Waals surface area contributed by atoms with Gasteiger partial charge in [0.2, 0.25) is 0 Å². The molecule has 0 aliphatic rings. The van der Waals surface area contributed by atoms with Crippen molar-refractivity contribution in [2.24, 2.45) is 5.16 Å². The maximum Gasteiger partial charge on any atom is 0.269 e. The number of nitro groups is 1. The van der Waals surface area contributed by atoms with Gasteiger partial charge in [-0.05, 0) is 35.4 Å².